The molecule has 126 valence electrons. The average molecular weight is 305 g/mol. The van der Waals surface area contributed by atoms with Crippen molar-refractivity contribution in [3.8, 4) is 0 Å². The lowest BCUT2D eigenvalue weighted by molar-refractivity contribution is 0.102. The van der Waals surface area contributed by atoms with E-state index in [1.807, 2.05) is 0 Å². The summed E-state index contributed by atoms with van der Waals surface area (Å²) >= 11 is 0. The molecular weight excluding hydrogens is 268 g/mol. The minimum absolute atomic E-state index is 0.838. The molecule has 0 aromatic rings. The van der Waals surface area contributed by atoms with E-state index < -0.39 is 0 Å². The third-order valence-corrected chi connectivity index (χ3v) is 7.60. The molecular formula is C20H36N2. The molecule has 4 rings (SSSR count). The lowest BCUT2D eigenvalue weighted by Gasteiger charge is -2.45. The topological polar surface area (TPSA) is 24.1 Å². The minimum atomic E-state index is 0.838. The molecule has 4 aliphatic rings. The Morgan fingerprint density at radius 1 is 0.545 bits per heavy atom. The molecule has 22 heavy (non-hydrogen) atoms. The van der Waals surface area contributed by atoms with Gasteiger partial charge in [0.2, 0.25) is 0 Å². The third kappa shape index (κ3) is 3.24. The van der Waals surface area contributed by atoms with E-state index in [1.54, 1.807) is 0 Å². The number of hydrogen-bond donors (Lipinski definition) is 2. The second-order valence-corrected chi connectivity index (χ2v) is 8.69. The molecule has 6 unspecified atom stereocenters. The number of hydrogen-bond acceptors (Lipinski definition) is 2. The van der Waals surface area contributed by atoms with Gasteiger partial charge in [0.1, 0.15) is 0 Å². The number of nitrogens with one attached hydrogen (secondary N) is 2. The fourth-order valence-electron chi connectivity index (χ4n) is 6.45. The summed E-state index contributed by atoms with van der Waals surface area (Å²) in [6, 6.07) is 1.68. The van der Waals surface area contributed by atoms with Gasteiger partial charge in [-0.3, -0.25) is 0 Å². The van der Waals surface area contributed by atoms with E-state index in [0.29, 0.717) is 0 Å². The molecule has 2 heteroatoms. The van der Waals surface area contributed by atoms with E-state index in [9.17, 15) is 0 Å². The SMILES string of the molecule is C1CCC2C(C1)CCNC2CCC1NCCC2CCCCC21. The molecule has 2 saturated carbocycles. The fourth-order valence-corrected chi connectivity index (χ4v) is 6.45. The minimum Gasteiger partial charge on any atom is -0.314 e. The first-order chi connectivity index (χ1) is 10.9. The zero-order valence-corrected chi connectivity index (χ0v) is 14.4. The van der Waals surface area contributed by atoms with Gasteiger partial charge in [-0.1, -0.05) is 38.5 Å². The molecule has 0 radical (unpaired) electrons. The molecule has 4 fully saturated rings. The molecule has 2 nitrogen and oxygen atoms in total. The van der Waals surface area contributed by atoms with Crippen LogP contribution in [0.4, 0.5) is 0 Å². The summed E-state index contributed by atoms with van der Waals surface area (Å²) in [7, 11) is 0. The van der Waals surface area contributed by atoms with Crippen LogP contribution in [-0.4, -0.2) is 25.2 Å². The van der Waals surface area contributed by atoms with Crippen LogP contribution in [0.3, 0.4) is 0 Å². The van der Waals surface area contributed by atoms with Crippen molar-refractivity contribution in [2.45, 2.75) is 89.1 Å². The molecule has 2 N–H and O–H groups in total. The van der Waals surface area contributed by atoms with Gasteiger partial charge in [0.15, 0.2) is 0 Å². The lowest BCUT2D eigenvalue weighted by atomic mass is 9.68. The average Bonchev–Trinajstić information content (AvgIpc) is 2.60. The predicted molar refractivity (Wildman–Crippen MR) is 92.9 cm³/mol. The van der Waals surface area contributed by atoms with Crippen LogP contribution in [0.25, 0.3) is 0 Å². The Hall–Kier alpha value is -0.0800. The van der Waals surface area contributed by atoms with Crippen molar-refractivity contribution >= 4 is 0 Å². The Morgan fingerprint density at radius 2 is 1.00 bits per heavy atom. The van der Waals surface area contributed by atoms with Crippen LogP contribution in [0.2, 0.25) is 0 Å². The van der Waals surface area contributed by atoms with Crippen LogP contribution in [0.5, 0.6) is 0 Å². The summed E-state index contributed by atoms with van der Waals surface area (Å²) in [6.07, 6.45) is 17.8. The quantitative estimate of drug-likeness (QED) is 0.820. The van der Waals surface area contributed by atoms with E-state index in [4.69, 9.17) is 0 Å². The lowest BCUT2D eigenvalue weighted by Crippen LogP contribution is -2.50. The van der Waals surface area contributed by atoms with Crippen molar-refractivity contribution in [2.24, 2.45) is 23.7 Å². The highest BCUT2D eigenvalue weighted by atomic mass is 15.0. The molecule has 0 aromatic heterocycles. The Morgan fingerprint density at radius 3 is 1.50 bits per heavy atom. The van der Waals surface area contributed by atoms with Gasteiger partial charge in [0.05, 0.1) is 0 Å². The maximum absolute atomic E-state index is 3.90. The molecule has 2 heterocycles. The summed E-state index contributed by atoms with van der Waals surface area (Å²) in [5.41, 5.74) is 0. The Labute approximate surface area is 137 Å². The summed E-state index contributed by atoms with van der Waals surface area (Å²) in [4.78, 5) is 0. The van der Waals surface area contributed by atoms with Crippen molar-refractivity contribution in [2.75, 3.05) is 13.1 Å². The van der Waals surface area contributed by atoms with Crippen LogP contribution in [0.1, 0.15) is 77.0 Å². The van der Waals surface area contributed by atoms with Crippen molar-refractivity contribution in [1.29, 1.82) is 0 Å². The first-order valence-corrected chi connectivity index (χ1v) is 10.4. The highest BCUT2D eigenvalue weighted by molar-refractivity contribution is 4.93. The number of fused-ring (bicyclic) bond motifs is 2. The molecule has 2 aliphatic heterocycles. The zero-order chi connectivity index (χ0) is 14.8. The van der Waals surface area contributed by atoms with Crippen LogP contribution in [0, 0.1) is 23.7 Å². The summed E-state index contributed by atoms with van der Waals surface area (Å²) in [5.74, 6) is 4.13. The molecule has 2 saturated heterocycles. The van der Waals surface area contributed by atoms with Crippen LogP contribution >= 0.6 is 0 Å². The Kier molecular flexibility index (Phi) is 5.07. The molecule has 0 bridgehead atoms. The van der Waals surface area contributed by atoms with Crippen LogP contribution < -0.4 is 10.6 Å². The highest BCUT2D eigenvalue weighted by Gasteiger charge is 2.37. The van der Waals surface area contributed by atoms with E-state index in [2.05, 4.69) is 10.6 Å². The molecule has 6 atom stereocenters. The first kappa shape index (κ1) is 15.4. The largest absolute Gasteiger partial charge is 0.314 e. The monoisotopic (exact) mass is 304 g/mol. The maximum atomic E-state index is 3.90. The van der Waals surface area contributed by atoms with Gasteiger partial charge >= 0.3 is 0 Å². The summed E-state index contributed by atoms with van der Waals surface area (Å²) in [5, 5.41) is 7.80. The summed E-state index contributed by atoms with van der Waals surface area (Å²) < 4.78 is 0. The number of piperidine rings is 2. The van der Waals surface area contributed by atoms with E-state index in [1.165, 1.54) is 90.1 Å². The fraction of sp³-hybridized carbons (Fsp3) is 1.00. The number of rotatable bonds is 3. The van der Waals surface area contributed by atoms with Gasteiger partial charge in [-0.2, -0.15) is 0 Å². The second kappa shape index (κ2) is 7.21. The summed E-state index contributed by atoms with van der Waals surface area (Å²) in [6.45, 7) is 2.58. The second-order valence-electron chi connectivity index (χ2n) is 8.69. The predicted octanol–water partition coefficient (Wildman–Crippen LogP) is 4.10. The van der Waals surface area contributed by atoms with Gasteiger partial charge in [-0.05, 0) is 75.3 Å². The molecule has 0 amide bonds. The maximum Gasteiger partial charge on any atom is 0.00985 e. The van der Waals surface area contributed by atoms with E-state index in [-0.39, 0.29) is 0 Å². The van der Waals surface area contributed by atoms with Crippen LogP contribution in [-0.2, 0) is 0 Å². The third-order valence-electron chi connectivity index (χ3n) is 7.60. The van der Waals surface area contributed by atoms with Crippen LogP contribution in [0.15, 0.2) is 0 Å². The van der Waals surface area contributed by atoms with Crippen molar-refractivity contribution in [3.63, 3.8) is 0 Å². The van der Waals surface area contributed by atoms with Crippen molar-refractivity contribution in [1.82, 2.24) is 10.6 Å². The zero-order valence-electron chi connectivity index (χ0n) is 14.4. The highest BCUT2D eigenvalue weighted by Crippen LogP contribution is 2.40. The first-order valence-electron chi connectivity index (χ1n) is 10.4. The molecule has 2 aliphatic carbocycles. The molecule has 0 spiro atoms. The molecule has 0 aromatic carbocycles. The normalized spacial score (nSPS) is 45.8. The van der Waals surface area contributed by atoms with Gasteiger partial charge in [-0.15, -0.1) is 0 Å². The standard InChI is InChI=1S/C20H36N2/c1-3-7-17-15(5-1)11-13-21-19(17)9-10-20-18-8-4-2-6-16(18)12-14-22-20/h15-22H,1-14H2. The van der Waals surface area contributed by atoms with Gasteiger partial charge in [0, 0.05) is 12.1 Å². The Bertz CT molecular complexity index is 318. The smallest absolute Gasteiger partial charge is 0.00985 e. The van der Waals surface area contributed by atoms with Gasteiger partial charge < -0.3 is 10.6 Å². The van der Waals surface area contributed by atoms with Gasteiger partial charge in [-0.25, -0.2) is 0 Å². The van der Waals surface area contributed by atoms with Crippen molar-refractivity contribution in [3.05, 3.63) is 0 Å². The van der Waals surface area contributed by atoms with E-state index >= 15 is 0 Å². The Balaban J connectivity index is 1.33. The van der Waals surface area contributed by atoms with Crippen molar-refractivity contribution < 1.29 is 0 Å². The van der Waals surface area contributed by atoms with Gasteiger partial charge in [0.25, 0.3) is 0 Å². The van der Waals surface area contributed by atoms with E-state index in [0.717, 1.165) is 35.8 Å².